The molecule has 0 aromatic rings. The maximum atomic E-state index is 11.8. The van der Waals surface area contributed by atoms with E-state index in [0.717, 1.165) is 0 Å². The molecule has 28 heavy (non-hydrogen) atoms. The van der Waals surface area contributed by atoms with Crippen molar-refractivity contribution in [3.63, 3.8) is 0 Å². The van der Waals surface area contributed by atoms with Crippen LogP contribution >= 0.6 is 7.82 Å². The maximum absolute atomic E-state index is 11.8. The molecule has 0 rings (SSSR count). The molecule has 0 fully saturated rings. The molecule has 0 aliphatic heterocycles. The van der Waals surface area contributed by atoms with Crippen molar-refractivity contribution in [1.29, 1.82) is 0 Å². The third-order valence-electron chi connectivity index (χ3n) is 3.37. The number of aldehydes is 1. The van der Waals surface area contributed by atoms with Gasteiger partial charge in [0.15, 0.2) is 12.4 Å². The van der Waals surface area contributed by atoms with Crippen molar-refractivity contribution in [1.82, 2.24) is 0 Å². The molecule has 0 amide bonds. The van der Waals surface area contributed by atoms with Gasteiger partial charge in [-0.25, -0.2) is 9.36 Å². The Morgan fingerprint density at radius 3 is 1.86 bits per heavy atom. The number of aliphatic hydroxyl groups excluding tert-OH is 8. The van der Waals surface area contributed by atoms with E-state index in [-0.39, 0.29) is 6.29 Å². The number of phosphoric acid groups is 1. The van der Waals surface area contributed by atoms with Gasteiger partial charge in [-0.05, 0) is 0 Å². The predicted molar refractivity (Wildman–Crippen MR) is 83.5 cm³/mol. The number of rotatable bonds is 14. The van der Waals surface area contributed by atoms with Gasteiger partial charge in [0.05, 0.1) is 13.2 Å². The summed E-state index contributed by atoms with van der Waals surface area (Å²) in [4.78, 5) is 30.8. The summed E-state index contributed by atoms with van der Waals surface area (Å²) in [5.41, 5.74) is 0. The number of carbonyl (C=O) groups excluding carboxylic acids is 1. The number of hydrogen-bond acceptors (Lipinski definition) is 13. The van der Waals surface area contributed by atoms with E-state index in [4.69, 9.17) is 15.3 Å². The fourth-order valence-electron chi connectivity index (χ4n) is 1.72. The van der Waals surface area contributed by atoms with E-state index in [1.165, 1.54) is 0 Å². The van der Waals surface area contributed by atoms with Crippen molar-refractivity contribution in [2.24, 2.45) is 0 Å². The summed E-state index contributed by atoms with van der Waals surface area (Å²) in [5, 5.41) is 83.2. The lowest BCUT2D eigenvalue weighted by Crippen LogP contribution is -2.49. The van der Waals surface area contributed by atoms with E-state index < -0.39 is 75.8 Å². The molecular weight excluding hydrogens is 415 g/mol. The summed E-state index contributed by atoms with van der Waals surface area (Å²) >= 11 is 0. The Balaban J connectivity index is 5.01. The van der Waals surface area contributed by atoms with E-state index in [1.54, 1.807) is 0 Å². The van der Waals surface area contributed by atoms with Gasteiger partial charge in [0, 0.05) is 0 Å². The van der Waals surface area contributed by atoms with Crippen molar-refractivity contribution in [3.8, 4) is 0 Å². The van der Waals surface area contributed by atoms with Crippen LogP contribution in [0.2, 0.25) is 0 Å². The van der Waals surface area contributed by atoms with E-state index in [9.17, 15) is 49.7 Å². The SMILES string of the molecule is O=C[C@H](O)[C@@H](O)[C@H](O)[C@H](O)COP(=O)(O)O[C@@H](C(=O)O)[C@@H](O)[C@H](O)[C@H](O)CO. The van der Waals surface area contributed by atoms with Crippen LogP contribution < -0.4 is 0 Å². The van der Waals surface area contributed by atoms with E-state index in [1.807, 2.05) is 0 Å². The fraction of sp³-hybridized carbons (Fsp3) is 0.833. The second-order valence-corrected chi connectivity index (χ2v) is 6.94. The largest absolute Gasteiger partial charge is 0.479 e. The molecule has 0 aliphatic rings. The van der Waals surface area contributed by atoms with Crippen LogP contribution in [-0.4, -0.2) is 125 Å². The molecule has 0 saturated carbocycles. The monoisotopic (exact) mass is 438 g/mol. The smallest absolute Gasteiger partial charge is 0.473 e. The van der Waals surface area contributed by atoms with E-state index in [0.29, 0.717) is 0 Å². The molecule has 15 nitrogen and oxygen atoms in total. The van der Waals surface area contributed by atoms with Crippen molar-refractivity contribution in [3.05, 3.63) is 0 Å². The molecule has 0 radical (unpaired) electrons. The molecule has 0 saturated heterocycles. The minimum Gasteiger partial charge on any atom is -0.479 e. The van der Waals surface area contributed by atoms with Gasteiger partial charge in [0.1, 0.15) is 42.7 Å². The maximum Gasteiger partial charge on any atom is 0.473 e. The first-order valence-corrected chi connectivity index (χ1v) is 8.99. The van der Waals surface area contributed by atoms with Gasteiger partial charge in [-0.1, -0.05) is 0 Å². The van der Waals surface area contributed by atoms with Crippen LogP contribution in [0.1, 0.15) is 0 Å². The molecule has 16 heteroatoms. The first-order valence-electron chi connectivity index (χ1n) is 7.50. The molecule has 9 atom stereocenters. The zero-order valence-electron chi connectivity index (χ0n) is 14.1. The predicted octanol–water partition coefficient (Wildman–Crippen LogP) is -5.71. The van der Waals surface area contributed by atoms with Gasteiger partial charge in [-0.15, -0.1) is 0 Å². The van der Waals surface area contributed by atoms with Crippen molar-refractivity contribution in [2.45, 2.75) is 48.8 Å². The van der Waals surface area contributed by atoms with Gasteiger partial charge < -0.3 is 55.6 Å². The zero-order valence-corrected chi connectivity index (χ0v) is 15.0. The highest BCUT2D eigenvalue weighted by Gasteiger charge is 2.42. The lowest BCUT2D eigenvalue weighted by molar-refractivity contribution is -0.163. The van der Waals surface area contributed by atoms with Crippen LogP contribution in [0.5, 0.6) is 0 Å². The topological polar surface area (TPSA) is 272 Å². The summed E-state index contributed by atoms with van der Waals surface area (Å²) in [5.74, 6) is -2.07. The Kier molecular flexibility index (Phi) is 11.4. The van der Waals surface area contributed by atoms with E-state index >= 15 is 0 Å². The average Bonchev–Trinajstić information content (AvgIpc) is 2.66. The fourth-order valence-corrected chi connectivity index (χ4v) is 2.63. The lowest BCUT2D eigenvalue weighted by atomic mass is 10.0. The summed E-state index contributed by atoms with van der Waals surface area (Å²) in [6, 6.07) is 0. The molecule has 0 aromatic heterocycles. The summed E-state index contributed by atoms with van der Waals surface area (Å²) in [6.07, 6.45) is -18.2. The van der Waals surface area contributed by atoms with Crippen LogP contribution in [0, 0.1) is 0 Å². The number of carbonyl (C=O) groups is 2. The number of phosphoric ester groups is 1. The number of hydrogen-bond donors (Lipinski definition) is 10. The molecule has 0 heterocycles. The zero-order chi connectivity index (χ0) is 22.2. The molecule has 1 unspecified atom stereocenters. The minimum absolute atomic E-state index is 0.160. The van der Waals surface area contributed by atoms with Crippen LogP contribution in [0.25, 0.3) is 0 Å². The number of aliphatic carboxylic acids is 1. The first kappa shape index (κ1) is 26.9. The van der Waals surface area contributed by atoms with Crippen molar-refractivity contribution in [2.75, 3.05) is 13.2 Å². The molecule has 10 N–H and O–H groups in total. The molecule has 0 aromatic carbocycles. The Hall–Kier alpha value is -1.07. The molecule has 0 bridgehead atoms. The van der Waals surface area contributed by atoms with Crippen molar-refractivity contribution >= 4 is 20.1 Å². The Bertz CT molecular complexity index is 543. The molecule has 166 valence electrons. The van der Waals surface area contributed by atoms with Gasteiger partial charge in [0.2, 0.25) is 0 Å². The minimum atomic E-state index is -5.37. The lowest BCUT2D eigenvalue weighted by Gasteiger charge is -2.28. The number of aliphatic hydroxyl groups is 8. The van der Waals surface area contributed by atoms with Crippen molar-refractivity contribution < 1.29 is 74.1 Å². The number of carboxylic acid groups (broad SMARTS) is 1. The highest BCUT2D eigenvalue weighted by Crippen LogP contribution is 2.45. The standard InChI is InChI=1S/C12H23O15P/c13-1-4(15)7(18)9(20)6(17)3-26-28(24,25)27-11(12(22)23)10(21)8(19)5(16)2-14/h1,4-11,14-21H,2-3H2,(H,22,23)(H,24,25)/t4-,5+,6+,7+,8+,9+,10-,11+/m0/s1. The second-order valence-electron chi connectivity index (χ2n) is 5.53. The quantitative estimate of drug-likeness (QED) is 0.0893. The normalized spacial score (nSPS) is 22.8. The van der Waals surface area contributed by atoms with Gasteiger partial charge in [-0.3, -0.25) is 9.05 Å². The van der Waals surface area contributed by atoms with Crippen LogP contribution in [0.4, 0.5) is 0 Å². The molecular formula is C12H23O15P. The summed E-state index contributed by atoms with van der Waals surface area (Å²) in [6.45, 7) is -2.35. The third kappa shape index (κ3) is 8.12. The molecule has 0 aliphatic carbocycles. The number of carboxylic acids is 1. The third-order valence-corrected chi connectivity index (χ3v) is 4.34. The molecule has 0 spiro atoms. The Labute approximate surface area is 157 Å². The van der Waals surface area contributed by atoms with Gasteiger partial charge in [-0.2, -0.15) is 0 Å². The van der Waals surface area contributed by atoms with Crippen LogP contribution in [0.3, 0.4) is 0 Å². The van der Waals surface area contributed by atoms with E-state index in [2.05, 4.69) is 9.05 Å². The Morgan fingerprint density at radius 2 is 1.43 bits per heavy atom. The van der Waals surface area contributed by atoms with Crippen LogP contribution in [-0.2, 0) is 23.2 Å². The summed E-state index contributed by atoms with van der Waals surface area (Å²) in [7, 11) is -5.37. The van der Waals surface area contributed by atoms with Gasteiger partial charge in [0.25, 0.3) is 0 Å². The van der Waals surface area contributed by atoms with Gasteiger partial charge >= 0.3 is 13.8 Å². The van der Waals surface area contributed by atoms with Crippen LogP contribution in [0.15, 0.2) is 0 Å². The second kappa shape index (κ2) is 11.8. The first-order chi connectivity index (χ1) is 12.8. The highest BCUT2D eigenvalue weighted by atomic mass is 31.2. The Morgan fingerprint density at radius 1 is 0.929 bits per heavy atom. The highest BCUT2D eigenvalue weighted by molar-refractivity contribution is 7.47. The summed E-state index contributed by atoms with van der Waals surface area (Å²) < 4.78 is 20.1. The average molecular weight is 438 g/mol.